The smallest absolute Gasteiger partial charge is 0.265 e. The van der Waals surface area contributed by atoms with Crippen LogP contribution in [0.1, 0.15) is 0 Å². The SMILES string of the molecule is O=c1c2c3cc(-c4ccccc4)c4ccc5ccc6c(-c7ccccc7)cc(c7c6c5c4c37)c2c2nc3nc(I)ccc3n12. The Bertz CT molecular complexity index is 3000. The van der Waals surface area contributed by atoms with Crippen LogP contribution >= 0.6 is 22.6 Å². The molecule has 0 aliphatic heterocycles. The van der Waals surface area contributed by atoms with E-state index < -0.39 is 0 Å². The molecule has 0 N–H and O–H groups in total. The number of rotatable bonds is 2. The predicted octanol–water partition coefficient (Wildman–Crippen LogP) is 9.85. The Morgan fingerprint density at radius 3 is 1.70 bits per heavy atom. The molecule has 0 amide bonds. The van der Waals surface area contributed by atoms with Crippen molar-refractivity contribution < 1.29 is 0 Å². The van der Waals surface area contributed by atoms with Gasteiger partial charge in [0.1, 0.15) is 3.70 Å². The molecule has 11 rings (SSSR count). The van der Waals surface area contributed by atoms with Gasteiger partial charge in [0.25, 0.3) is 5.56 Å². The highest BCUT2D eigenvalue weighted by Gasteiger charge is 2.29. The zero-order valence-electron chi connectivity index (χ0n) is 23.0. The number of imidazole rings is 1. The molecule has 3 heterocycles. The summed E-state index contributed by atoms with van der Waals surface area (Å²) in [5, 5.41) is 13.6. The van der Waals surface area contributed by atoms with E-state index in [1.807, 2.05) is 12.1 Å². The Balaban J connectivity index is 1.50. The molecule has 3 aromatic heterocycles. The van der Waals surface area contributed by atoms with Crippen molar-refractivity contribution in [2.24, 2.45) is 0 Å². The summed E-state index contributed by atoms with van der Waals surface area (Å²) in [6, 6.07) is 38.7. The number of fused-ring (bicyclic) bond motifs is 7. The van der Waals surface area contributed by atoms with Gasteiger partial charge in [-0.3, -0.25) is 9.20 Å². The summed E-state index contributed by atoms with van der Waals surface area (Å²) >= 11 is 2.21. The van der Waals surface area contributed by atoms with Crippen molar-refractivity contribution >= 4 is 104 Å². The summed E-state index contributed by atoms with van der Waals surface area (Å²) in [6.07, 6.45) is 0. The van der Waals surface area contributed by atoms with Gasteiger partial charge in [0.15, 0.2) is 11.3 Å². The molecular formula is C39H18IN3O. The minimum absolute atomic E-state index is 0.0368. The fraction of sp³-hybridized carbons (Fsp3) is 0. The van der Waals surface area contributed by atoms with Gasteiger partial charge in [-0.2, -0.15) is 0 Å². The number of hydrogen-bond donors (Lipinski definition) is 0. The van der Waals surface area contributed by atoms with Crippen LogP contribution in [-0.4, -0.2) is 14.4 Å². The topological polar surface area (TPSA) is 47.3 Å². The molecule has 8 aromatic carbocycles. The van der Waals surface area contributed by atoms with Gasteiger partial charge in [-0.15, -0.1) is 0 Å². The normalized spacial score (nSPS) is 12.8. The molecule has 0 aliphatic carbocycles. The lowest BCUT2D eigenvalue weighted by Gasteiger charge is -2.13. The van der Waals surface area contributed by atoms with E-state index in [-0.39, 0.29) is 5.56 Å². The van der Waals surface area contributed by atoms with E-state index in [2.05, 4.69) is 120 Å². The maximum Gasteiger partial charge on any atom is 0.265 e. The Morgan fingerprint density at radius 2 is 1.09 bits per heavy atom. The Kier molecular flexibility index (Phi) is 4.17. The maximum atomic E-state index is 14.7. The van der Waals surface area contributed by atoms with Crippen molar-refractivity contribution in [1.82, 2.24) is 14.4 Å². The number of pyridine rings is 1. The molecule has 0 unspecified atom stereocenters. The van der Waals surface area contributed by atoms with Crippen molar-refractivity contribution in [3.63, 3.8) is 0 Å². The zero-order chi connectivity index (χ0) is 28.8. The van der Waals surface area contributed by atoms with Gasteiger partial charge in [0.05, 0.1) is 10.9 Å². The van der Waals surface area contributed by atoms with Gasteiger partial charge in [-0.1, -0.05) is 84.9 Å². The zero-order valence-corrected chi connectivity index (χ0v) is 25.2. The third kappa shape index (κ3) is 2.65. The van der Waals surface area contributed by atoms with Crippen LogP contribution in [0.15, 0.2) is 114 Å². The first kappa shape index (κ1) is 23.3. The van der Waals surface area contributed by atoms with Crippen LogP contribution in [0.2, 0.25) is 0 Å². The molecule has 0 saturated heterocycles. The highest BCUT2D eigenvalue weighted by molar-refractivity contribution is 14.1. The number of hydrogen-bond acceptors (Lipinski definition) is 3. The van der Waals surface area contributed by atoms with Crippen molar-refractivity contribution in [2.75, 3.05) is 0 Å². The van der Waals surface area contributed by atoms with E-state index in [4.69, 9.17) is 9.97 Å². The molecule has 11 aromatic rings. The lowest BCUT2D eigenvalue weighted by molar-refractivity contribution is 1.21. The van der Waals surface area contributed by atoms with Gasteiger partial charge in [-0.25, -0.2) is 9.97 Å². The van der Waals surface area contributed by atoms with Crippen LogP contribution < -0.4 is 5.56 Å². The van der Waals surface area contributed by atoms with E-state index in [0.29, 0.717) is 11.3 Å². The van der Waals surface area contributed by atoms with Gasteiger partial charge in [-0.05, 0) is 123 Å². The monoisotopic (exact) mass is 671 g/mol. The molecule has 4 nitrogen and oxygen atoms in total. The molecule has 44 heavy (non-hydrogen) atoms. The summed E-state index contributed by atoms with van der Waals surface area (Å²) in [4.78, 5) is 24.4. The molecule has 0 radical (unpaired) electrons. The van der Waals surface area contributed by atoms with Gasteiger partial charge in [0.2, 0.25) is 0 Å². The minimum Gasteiger partial charge on any atom is -0.268 e. The first-order valence-corrected chi connectivity index (χ1v) is 15.7. The number of halogens is 1. The molecule has 202 valence electrons. The van der Waals surface area contributed by atoms with Crippen LogP contribution in [0.3, 0.4) is 0 Å². The van der Waals surface area contributed by atoms with Crippen LogP contribution in [0.4, 0.5) is 0 Å². The lowest BCUT2D eigenvalue weighted by Crippen LogP contribution is -2.06. The second kappa shape index (κ2) is 7.87. The molecule has 0 atom stereocenters. The third-order valence-electron chi connectivity index (χ3n) is 9.72. The average Bonchev–Trinajstić information content (AvgIpc) is 3.71. The van der Waals surface area contributed by atoms with Crippen LogP contribution in [0.25, 0.3) is 104 Å². The van der Waals surface area contributed by atoms with Gasteiger partial charge < -0.3 is 0 Å². The molecule has 0 saturated carbocycles. The molecule has 0 aliphatic rings. The summed E-state index contributed by atoms with van der Waals surface area (Å²) in [7, 11) is 0. The molecule has 0 bridgehead atoms. The maximum absolute atomic E-state index is 14.7. The number of aromatic nitrogens is 3. The van der Waals surface area contributed by atoms with Crippen LogP contribution in [-0.2, 0) is 0 Å². The summed E-state index contributed by atoms with van der Waals surface area (Å²) in [5.41, 5.74) is 6.60. The molecule has 0 spiro atoms. The summed E-state index contributed by atoms with van der Waals surface area (Å²) in [6.45, 7) is 0. The first-order chi connectivity index (χ1) is 21.7. The highest BCUT2D eigenvalue weighted by Crippen LogP contribution is 2.54. The second-order valence-corrected chi connectivity index (χ2v) is 12.9. The third-order valence-corrected chi connectivity index (χ3v) is 10.3. The van der Waals surface area contributed by atoms with Crippen molar-refractivity contribution in [1.29, 1.82) is 0 Å². The van der Waals surface area contributed by atoms with E-state index in [0.717, 1.165) is 47.5 Å². The van der Waals surface area contributed by atoms with E-state index >= 15 is 0 Å². The predicted molar refractivity (Wildman–Crippen MR) is 190 cm³/mol. The summed E-state index contributed by atoms with van der Waals surface area (Å²) in [5.74, 6) is 0. The Labute approximate surface area is 262 Å². The van der Waals surface area contributed by atoms with E-state index in [1.54, 1.807) is 4.40 Å². The second-order valence-electron chi connectivity index (χ2n) is 11.8. The van der Waals surface area contributed by atoms with Crippen molar-refractivity contribution in [3.05, 3.63) is 123 Å². The molecule has 5 heteroatoms. The summed E-state index contributed by atoms with van der Waals surface area (Å²) < 4.78 is 2.64. The lowest BCUT2D eigenvalue weighted by atomic mass is 9.89. The van der Waals surface area contributed by atoms with E-state index in [1.165, 1.54) is 48.7 Å². The largest absolute Gasteiger partial charge is 0.268 e. The Hall–Kier alpha value is -5.14. The molecule has 0 fully saturated rings. The van der Waals surface area contributed by atoms with Crippen molar-refractivity contribution in [2.45, 2.75) is 0 Å². The average molecular weight is 671 g/mol. The standard InChI is InChI=1S/C39H18IN3O/c40-29-16-15-28-37(41-29)42-38-35-26-17-24(19-7-3-1-4-8-19)22-13-11-21-12-14-23-25(20-9-5-2-6-10-20)18-27(36(35)39(44)43(28)38)34-32(23)30(21)31(22)33(26)34/h1-18H. The van der Waals surface area contributed by atoms with Gasteiger partial charge >= 0.3 is 0 Å². The minimum atomic E-state index is -0.0368. The van der Waals surface area contributed by atoms with E-state index in [9.17, 15) is 4.79 Å². The fourth-order valence-corrected chi connectivity index (χ4v) is 8.43. The van der Waals surface area contributed by atoms with Gasteiger partial charge in [0, 0.05) is 5.39 Å². The Morgan fingerprint density at radius 1 is 0.523 bits per heavy atom. The fourth-order valence-electron chi connectivity index (χ4n) is 8.02. The number of benzene rings is 7. The highest BCUT2D eigenvalue weighted by atomic mass is 127. The molecular weight excluding hydrogens is 653 g/mol. The first-order valence-electron chi connectivity index (χ1n) is 14.7. The van der Waals surface area contributed by atoms with Crippen LogP contribution in [0, 0.1) is 3.70 Å². The number of nitrogens with zero attached hydrogens (tertiary/aromatic N) is 3. The quantitative estimate of drug-likeness (QED) is 0.104. The van der Waals surface area contributed by atoms with Crippen molar-refractivity contribution in [3.8, 4) is 22.3 Å². The van der Waals surface area contributed by atoms with Crippen LogP contribution in [0.5, 0.6) is 0 Å².